The van der Waals surface area contributed by atoms with Gasteiger partial charge in [0.25, 0.3) is 5.91 Å². The lowest BCUT2D eigenvalue weighted by molar-refractivity contribution is -0.137. The number of amides is 2. The maximum absolute atomic E-state index is 12.9. The van der Waals surface area contributed by atoms with E-state index in [1.807, 2.05) is 30.5 Å². The molecule has 0 aliphatic heterocycles. The molecule has 0 bridgehead atoms. The molecule has 2 rings (SSSR count). The Hall–Kier alpha value is -2.78. The van der Waals surface area contributed by atoms with Crippen molar-refractivity contribution in [3.63, 3.8) is 0 Å². The molecule has 32 heavy (non-hydrogen) atoms. The number of unbranched alkanes of at least 4 members (excludes halogenated alkanes) is 2. The topological polar surface area (TPSA) is 78.4 Å². The van der Waals surface area contributed by atoms with Crippen molar-refractivity contribution in [1.82, 2.24) is 10.8 Å². The highest BCUT2D eigenvalue weighted by molar-refractivity contribution is 7.98. The summed E-state index contributed by atoms with van der Waals surface area (Å²) < 4.78 is 38.7. The molecular weight excluding hydrogens is 441 g/mol. The van der Waals surface area contributed by atoms with Gasteiger partial charge in [0.15, 0.2) is 0 Å². The second kappa shape index (κ2) is 12.3. The van der Waals surface area contributed by atoms with Gasteiger partial charge in [-0.3, -0.25) is 14.8 Å². The van der Waals surface area contributed by atoms with E-state index in [2.05, 4.69) is 5.32 Å². The van der Waals surface area contributed by atoms with Gasteiger partial charge in [-0.2, -0.15) is 13.2 Å². The smallest absolute Gasteiger partial charge is 0.352 e. The largest absolute Gasteiger partial charge is 0.416 e. The zero-order valence-electron chi connectivity index (χ0n) is 17.5. The zero-order valence-corrected chi connectivity index (χ0v) is 18.4. The molecule has 172 valence electrons. The minimum Gasteiger partial charge on any atom is -0.352 e. The van der Waals surface area contributed by atoms with Crippen molar-refractivity contribution in [2.24, 2.45) is 0 Å². The van der Waals surface area contributed by atoms with Gasteiger partial charge >= 0.3 is 6.18 Å². The van der Waals surface area contributed by atoms with E-state index in [0.717, 1.165) is 22.6 Å². The van der Waals surface area contributed by atoms with Crippen LogP contribution in [0.2, 0.25) is 0 Å². The monoisotopic (exact) mass is 466 g/mol. The van der Waals surface area contributed by atoms with Crippen LogP contribution in [-0.2, 0) is 15.8 Å². The third kappa shape index (κ3) is 8.05. The highest BCUT2D eigenvalue weighted by Gasteiger charge is 2.30. The Balaban J connectivity index is 2.14. The van der Waals surface area contributed by atoms with Crippen LogP contribution < -0.4 is 10.8 Å². The van der Waals surface area contributed by atoms with Gasteiger partial charge in [0.1, 0.15) is 0 Å². The number of carbonyl (C=O) groups is 2. The number of rotatable bonds is 10. The summed E-state index contributed by atoms with van der Waals surface area (Å²) in [4.78, 5) is 24.9. The first kappa shape index (κ1) is 25.5. The van der Waals surface area contributed by atoms with Gasteiger partial charge in [0, 0.05) is 23.4 Å². The molecule has 0 saturated carbocycles. The van der Waals surface area contributed by atoms with Crippen molar-refractivity contribution >= 4 is 35.2 Å². The third-order valence-electron chi connectivity index (χ3n) is 4.69. The van der Waals surface area contributed by atoms with Crippen LogP contribution in [-0.4, -0.2) is 29.8 Å². The lowest BCUT2D eigenvalue weighted by Crippen LogP contribution is -2.25. The summed E-state index contributed by atoms with van der Waals surface area (Å²) in [5.74, 6) is -0.860. The van der Waals surface area contributed by atoms with Gasteiger partial charge in [0.05, 0.1) is 5.56 Å². The van der Waals surface area contributed by atoms with Crippen molar-refractivity contribution in [2.45, 2.75) is 36.8 Å². The standard InChI is InChI=1S/C23H25F3N2O3S/c1-32-19-12-6-16(7-13-19)15-20(17-8-10-18(11-9-17)23(24,25)26)22(30)27-14-4-2-3-5-21(29)28-31/h6-13,15,31H,2-5,14H2,1H3,(H,27,30)(H,28,29). The van der Waals surface area contributed by atoms with E-state index in [4.69, 9.17) is 5.21 Å². The summed E-state index contributed by atoms with van der Waals surface area (Å²) >= 11 is 1.58. The van der Waals surface area contributed by atoms with Gasteiger partial charge in [-0.15, -0.1) is 11.8 Å². The van der Waals surface area contributed by atoms with E-state index in [1.54, 1.807) is 23.3 Å². The molecule has 0 radical (unpaired) electrons. The van der Waals surface area contributed by atoms with E-state index in [0.29, 0.717) is 31.4 Å². The first-order valence-electron chi connectivity index (χ1n) is 9.99. The number of hydrogen-bond donors (Lipinski definition) is 3. The first-order valence-corrected chi connectivity index (χ1v) is 11.2. The van der Waals surface area contributed by atoms with Gasteiger partial charge < -0.3 is 5.32 Å². The van der Waals surface area contributed by atoms with Crippen LogP contribution in [0.5, 0.6) is 0 Å². The van der Waals surface area contributed by atoms with Crippen LogP contribution in [0.3, 0.4) is 0 Å². The zero-order chi connectivity index (χ0) is 23.6. The normalized spacial score (nSPS) is 11.8. The number of nitrogens with one attached hydrogen (secondary N) is 2. The Morgan fingerprint density at radius 3 is 2.22 bits per heavy atom. The Labute approximate surface area is 189 Å². The maximum atomic E-state index is 12.9. The molecule has 0 fully saturated rings. The van der Waals surface area contributed by atoms with E-state index < -0.39 is 23.6 Å². The van der Waals surface area contributed by atoms with Crippen LogP contribution >= 0.6 is 11.8 Å². The van der Waals surface area contributed by atoms with Crippen molar-refractivity contribution in [1.29, 1.82) is 0 Å². The van der Waals surface area contributed by atoms with Crippen LogP contribution in [0.15, 0.2) is 53.4 Å². The Morgan fingerprint density at radius 1 is 1.00 bits per heavy atom. The predicted molar refractivity (Wildman–Crippen MR) is 119 cm³/mol. The second-order valence-electron chi connectivity index (χ2n) is 7.01. The van der Waals surface area contributed by atoms with Gasteiger partial charge in [-0.05, 0) is 60.6 Å². The minimum atomic E-state index is -4.45. The van der Waals surface area contributed by atoms with Gasteiger partial charge in [-0.25, -0.2) is 5.48 Å². The van der Waals surface area contributed by atoms with Gasteiger partial charge in [0.2, 0.25) is 5.91 Å². The number of hydrogen-bond acceptors (Lipinski definition) is 4. The summed E-state index contributed by atoms with van der Waals surface area (Å²) in [5, 5.41) is 11.3. The molecule has 0 unspecified atom stereocenters. The maximum Gasteiger partial charge on any atom is 0.416 e. The fourth-order valence-corrected chi connectivity index (χ4v) is 3.33. The third-order valence-corrected chi connectivity index (χ3v) is 5.43. The molecule has 0 aromatic heterocycles. The lowest BCUT2D eigenvalue weighted by atomic mass is 10.00. The first-order chi connectivity index (χ1) is 15.2. The van der Waals surface area contributed by atoms with E-state index in [-0.39, 0.29) is 12.0 Å². The molecule has 0 aliphatic carbocycles. The lowest BCUT2D eigenvalue weighted by Gasteiger charge is -2.12. The van der Waals surface area contributed by atoms with E-state index in [1.165, 1.54) is 12.1 Å². The Kier molecular flexibility index (Phi) is 9.80. The summed E-state index contributed by atoms with van der Waals surface area (Å²) in [6, 6.07) is 12.0. The van der Waals surface area contributed by atoms with E-state index in [9.17, 15) is 22.8 Å². The number of halogens is 3. The van der Waals surface area contributed by atoms with E-state index >= 15 is 0 Å². The Morgan fingerprint density at radius 2 is 1.66 bits per heavy atom. The molecule has 0 heterocycles. The quantitative estimate of drug-likeness (QED) is 0.113. The summed E-state index contributed by atoms with van der Waals surface area (Å²) in [6.07, 6.45) is 1.18. The van der Waals surface area contributed by atoms with Gasteiger partial charge in [-0.1, -0.05) is 30.7 Å². The number of benzene rings is 2. The molecule has 0 aliphatic rings. The molecule has 0 spiro atoms. The molecule has 0 saturated heterocycles. The molecule has 2 aromatic rings. The fraction of sp³-hybridized carbons (Fsp3) is 0.304. The number of carbonyl (C=O) groups excluding carboxylic acids is 2. The molecule has 0 atom stereocenters. The number of hydroxylamine groups is 1. The van der Waals surface area contributed by atoms with Crippen molar-refractivity contribution < 1.29 is 28.0 Å². The molecule has 9 heteroatoms. The highest BCUT2D eigenvalue weighted by Crippen LogP contribution is 2.30. The molecule has 3 N–H and O–H groups in total. The van der Waals surface area contributed by atoms with Crippen molar-refractivity contribution in [3.8, 4) is 0 Å². The minimum absolute atomic E-state index is 0.188. The average Bonchev–Trinajstić information content (AvgIpc) is 2.79. The average molecular weight is 467 g/mol. The number of thioether (sulfide) groups is 1. The highest BCUT2D eigenvalue weighted by atomic mass is 32.2. The molecule has 2 aromatic carbocycles. The fourth-order valence-electron chi connectivity index (χ4n) is 2.93. The van der Waals surface area contributed by atoms with Crippen LogP contribution in [0.4, 0.5) is 13.2 Å². The predicted octanol–water partition coefficient (Wildman–Crippen LogP) is 5.15. The summed E-state index contributed by atoms with van der Waals surface area (Å²) in [5.41, 5.74) is 2.17. The summed E-state index contributed by atoms with van der Waals surface area (Å²) in [6.45, 7) is 0.350. The van der Waals surface area contributed by atoms with Crippen LogP contribution in [0, 0.1) is 0 Å². The molecule has 5 nitrogen and oxygen atoms in total. The SMILES string of the molecule is CSc1ccc(C=C(C(=O)NCCCCCC(=O)NO)c2ccc(C(F)(F)F)cc2)cc1. The van der Waals surface area contributed by atoms with Crippen molar-refractivity contribution in [2.75, 3.05) is 12.8 Å². The second-order valence-corrected chi connectivity index (χ2v) is 7.89. The Bertz CT molecular complexity index is 927. The van der Waals surface area contributed by atoms with Crippen LogP contribution in [0.1, 0.15) is 42.4 Å². The molecule has 2 amide bonds. The summed E-state index contributed by atoms with van der Waals surface area (Å²) in [7, 11) is 0. The number of alkyl halides is 3. The van der Waals surface area contributed by atoms with Crippen molar-refractivity contribution in [3.05, 3.63) is 65.2 Å². The molecular formula is C23H25F3N2O3S. The van der Waals surface area contributed by atoms with Crippen LogP contribution in [0.25, 0.3) is 11.6 Å².